The average molecular weight is 374 g/mol. The SMILES string of the molecule is O=C(NCCSCc1ccsc1)c1ccc(F)cc1Br. The highest BCUT2D eigenvalue weighted by atomic mass is 79.9. The Hall–Kier alpha value is -0.850. The van der Waals surface area contributed by atoms with E-state index < -0.39 is 0 Å². The van der Waals surface area contributed by atoms with Crippen LogP contribution in [0.2, 0.25) is 0 Å². The third-order valence-corrected chi connectivity index (χ3v) is 4.97. The number of benzene rings is 1. The molecule has 6 heteroatoms. The third-order valence-electron chi connectivity index (χ3n) is 2.56. The lowest BCUT2D eigenvalue weighted by Crippen LogP contribution is -2.26. The summed E-state index contributed by atoms with van der Waals surface area (Å²) in [6.45, 7) is 0.595. The van der Waals surface area contributed by atoms with E-state index in [1.54, 1.807) is 23.1 Å². The second-order valence-electron chi connectivity index (χ2n) is 4.06. The first kappa shape index (κ1) is 15.5. The van der Waals surface area contributed by atoms with Crippen LogP contribution in [0.3, 0.4) is 0 Å². The predicted molar refractivity (Wildman–Crippen MR) is 86.9 cm³/mol. The molecule has 20 heavy (non-hydrogen) atoms. The van der Waals surface area contributed by atoms with Crippen molar-refractivity contribution in [2.24, 2.45) is 0 Å². The van der Waals surface area contributed by atoms with Gasteiger partial charge < -0.3 is 5.32 Å². The van der Waals surface area contributed by atoms with Crippen LogP contribution in [0.15, 0.2) is 39.5 Å². The Morgan fingerprint density at radius 2 is 2.25 bits per heavy atom. The topological polar surface area (TPSA) is 29.1 Å². The van der Waals surface area contributed by atoms with Crippen LogP contribution in [0, 0.1) is 5.82 Å². The van der Waals surface area contributed by atoms with E-state index >= 15 is 0 Å². The van der Waals surface area contributed by atoms with Crippen molar-refractivity contribution in [1.82, 2.24) is 5.32 Å². The Bertz CT molecular complexity index is 575. The summed E-state index contributed by atoms with van der Waals surface area (Å²) >= 11 is 6.66. The van der Waals surface area contributed by atoms with Crippen LogP contribution in [0.1, 0.15) is 15.9 Å². The summed E-state index contributed by atoms with van der Waals surface area (Å²) in [5, 5.41) is 7.02. The molecule has 0 saturated heterocycles. The van der Waals surface area contributed by atoms with Gasteiger partial charge in [0.1, 0.15) is 5.82 Å². The fourth-order valence-electron chi connectivity index (χ4n) is 1.57. The minimum Gasteiger partial charge on any atom is -0.351 e. The maximum absolute atomic E-state index is 12.9. The normalized spacial score (nSPS) is 10.5. The van der Waals surface area contributed by atoms with Gasteiger partial charge in [0.05, 0.1) is 5.56 Å². The quantitative estimate of drug-likeness (QED) is 0.764. The Kier molecular flexibility index (Phi) is 6.06. The molecule has 0 aliphatic carbocycles. The van der Waals surface area contributed by atoms with Crippen LogP contribution in [-0.2, 0) is 5.75 Å². The standard InChI is InChI=1S/C14H13BrFNOS2/c15-13-7-11(16)1-2-12(13)14(18)17-4-6-20-9-10-3-5-19-8-10/h1-3,5,7-8H,4,6,9H2,(H,17,18). The maximum Gasteiger partial charge on any atom is 0.252 e. The van der Waals surface area contributed by atoms with E-state index in [1.165, 1.54) is 23.8 Å². The number of carbonyl (C=O) groups excluding carboxylic acids is 1. The third kappa shape index (κ3) is 4.61. The second kappa shape index (κ2) is 7.81. The van der Waals surface area contributed by atoms with Crippen molar-refractivity contribution >= 4 is 44.9 Å². The molecule has 0 spiro atoms. The lowest BCUT2D eigenvalue weighted by atomic mass is 10.2. The summed E-state index contributed by atoms with van der Waals surface area (Å²) in [5.41, 5.74) is 1.77. The summed E-state index contributed by atoms with van der Waals surface area (Å²) in [4.78, 5) is 11.9. The van der Waals surface area contributed by atoms with Gasteiger partial charge in [0.2, 0.25) is 0 Å². The van der Waals surface area contributed by atoms with Gasteiger partial charge >= 0.3 is 0 Å². The molecule has 0 unspecified atom stereocenters. The van der Waals surface area contributed by atoms with Crippen molar-refractivity contribution in [3.05, 3.63) is 56.4 Å². The summed E-state index contributed by atoms with van der Waals surface area (Å²) in [6, 6.07) is 6.16. The van der Waals surface area contributed by atoms with Crippen molar-refractivity contribution < 1.29 is 9.18 Å². The molecule has 2 rings (SSSR count). The van der Waals surface area contributed by atoms with E-state index in [1.807, 2.05) is 0 Å². The molecule has 2 aromatic rings. The Morgan fingerprint density at radius 3 is 2.95 bits per heavy atom. The molecule has 1 N–H and O–H groups in total. The van der Waals surface area contributed by atoms with Crippen LogP contribution in [-0.4, -0.2) is 18.2 Å². The van der Waals surface area contributed by atoms with Gasteiger partial charge in [-0.1, -0.05) is 0 Å². The van der Waals surface area contributed by atoms with Crippen molar-refractivity contribution in [2.75, 3.05) is 12.3 Å². The average Bonchev–Trinajstić information content (AvgIpc) is 2.91. The number of thioether (sulfide) groups is 1. The smallest absolute Gasteiger partial charge is 0.252 e. The van der Waals surface area contributed by atoms with E-state index in [0.29, 0.717) is 16.6 Å². The summed E-state index contributed by atoms with van der Waals surface area (Å²) in [5.74, 6) is 1.26. The number of amides is 1. The number of carbonyl (C=O) groups is 1. The van der Waals surface area contributed by atoms with E-state index in [4.69, 9.17) is 0 Å². The first-order valence-corrected chi connectivity index (χ1v) is 8.88. The molecule has 1 amide bonds. The summed E-state index contributed by atoms with van der Waals surface area (Å²) in [7, 11) is 0. The predicted octanol–water partition coefficient (Wildman–Crippen LogP) is 4.31. The molecule has 1 heterocycles. The Morgan fingerprint density at radius 1 is 1.40 bits per heavy atom. The molecule has 0 radical (unpaired) electrons. The van der Waals surface area contributed by atoms with Crippen LogP contribution in [0.25, 0.3) is 0 Å². The van der Waals surface area contributed by atoms with Crippen LogP contribution >= 0.6 is 39.0 Å². The minimum atomic E-state index is -0.361. The van der Waals surface area contributed by atoms with Gasteiger partial charge in [-0.05, 0) is 56.5 Å². The van der Waals surface area contributed by atoms with Crippen LogP contribution < -0.4 is 5.32 Å². The summed E-state index contributed by atoms with van der Waals surface area (Å²) in [6.07, 6.45) is 0. The molecule has 1 aromatic heterocycles. The van der Waals surface area contributed by atoms with Crippen molar-refractivity contribution in [3.63, 3.8) is 0 Å². The zero-order chi connectivity index (χ0) is 14.4. The molecule has 2 nitrogen and oxygen atoms in total. The van der Waals surface area contributed by atoms with Gasteiger partial charge in [-0.2, -0.15) is 23.1 Å². The Balaban J connectivity index is 1.72. The number of halogens is 2. The molecule has 0 aliphatic rings. The van der Waals surface area contributed by atoms with Gasteiger partial charge in [-0.3, -0.25) is 4.79 Å². The number of hydrogen-bond donors (Lipinski definition) is 1. The first-order valence-electron chi connectivity index (χ1n) is 5.99. The molecule has 0 fully saturated rings. The molecule has 0 bridgehead atoms. The van der Waals surface area contributed by atoms with E-state index in [0.717, 1.165) is 11.5 Å². The largest absolute Gasteiger partial charge is 0.351 e. The van der Waals surface area contributed by atoms with Gasteiger partial charge in [0.15, 0.2) is 0 Å². The fourth-order valence-corrected chi connectivity index (χ4v) is 3.68. The van der Waals surface area contributed by atoms with Crippen molar-refractivity contribution in [3.8, 4) is 0 Å². The highest BCUT2D eigenvalue weighted by Crippen LogP contribution is 2.18. The molecule has 0 atom stereocenters. The fraction of sp³-hybridized carbons (Fsp3) is 0.214. The first-order chi connectivity index (χ1) is 9.66. The maximum atomic E-state index is 12.9. The number of nitrogens with one attached hydrogen (secondary N) is 1. The number of hydrogen-bond acceptors (Lipinski definition) is 3. The zero-order valence-electron chi connectivity index (χ0n) is 10.6. The minimum absolute atomic E-state index is 0.187. The van der Waals surface area contributed by atoms with Crippen molar-refractivity contribution in [2.45, 2.75) is 5.75 Å². The number of thiophene rings is 1. The van der Waals surface area contributed by atoms with Gasteiger partial charge in [-0.25, -0.2) is 4.39 Å². The monoisotopic (exact) mass is 373 g/mol. The lowest BCUT2D eigenvalue weighted by Gasteiger charge is -2.06. The number of rotatable bonds is 6. The molecule has 106 valence electrons. The van der Waals surface area contributed by atoms with E-state index in [2.05, 4.69) is 38.1 Å². The second-order valence-corrected chi connectivity index (χ2v) is 6.80. The molecular formula is C14H13BrFNOS2. The zero-order valence-corrected chi connectivity index (χ0v) is 13.8. The van der Waals surface area contributed by atoms with Crippen molar-refractivity contribution in [1.29, 1.82) is 0 Å². The van der Waals surface area contributed by atoms with Crippen LogP contribution in [0.5, 0.6) is 0 Å². The van der Waals surface area contributed by atoms with Gasteiger partial charge in [-0.15, -0.1) is 0 Å². The molecular weight excluding hydrogens is 361 g/mol. The van der Waals surface area contributed by atoms with Gasteiger partial charge in [0, 0.05) is 22.5 Å². The molecule has 1 aromatic carbocycles. The molecule has 0 saturated carbocycles. The van der Waals surface area contributed by atoms with Crippen LogP contribution in [0.4, 0.5) is 4.39 Å². The summed E-state index contributed by atoms with van der Waals surface area (Å²) < 4.78 is 13.4. The van der Waals surface area contributed by atoms with E-state index in [-0.39, 0.29) is 11.7 Å². The lowest BCUT2D eigenvalue weighted by molar-refractivity contribution is 0.0955. The highest BCUT2D eigenvalue weighted by molar-refractivity contribution is 9.10. The Labute approximate surface area is 133 Å². The van der Waals surface area contributed by atoms with E-state index in [9.17, 15) is 9.18 Å². The molecule has 0 aliphatic heterocycles. The van der Waals surface area contributed by atoms with Gasteiger partial charge in [0.25, 0.3) is 5.91 Å². The highest BCUT2D eigenvalue weighted by Gasteiger charge is 2.09.